The van der Waals surface area contributed by atoms with Gasteiger partial charge in [0.25, 0.3) is 5.91 Å². The Morgan fingerprint density at radius 3 is 2.50 bits per heavy atom. The number of thioether (sulfide) groups is 1. The molecular formula is C17H17NO6S2. The van der Waals surface area contributed by atoms with Crippen molar-refractivity contribution in [3.05, 3.63) is 34.7 Å². The van der Waals surface area contributed by atoms with Crippen LogP contribution in [-0.4, -0.2) is 49.9 Å². The molecule has 1 heterocycles. The Morgan fingerprint density at radius 2 is 1.96 bits per heavy atom. The molecule has 0 bridgehead atoms. The summed E-state index contributed by atoms with van der Waals surface area (Å²) < 4.78 is 5.46. The Bertz CT molecular complexity index is 759. The van der Waals surface area contributed by atoms with Crippen molar-refractivity contribution in [1.82, 2.24) is 4.90 Å². The fourth-order valence-electron chi connectivity index (χ4n) is 2.35. The van der Waals surface area contributed by atoms with E-state index in [2.05, 4.69) is 0 Å². The molecule has 1 fully saturated rings. The molecule has 1 amide bonds. The number of rotatable bonds is 8. The first-order chi connectivity index (χ1) is 12.3. The van der Waals surface area contributed by atoms with Crippen LogP contribution in [0.3, 0.4) is 0 Å². The lowest BCUT2D eigenvalue weighted by Gasteiger charge is -2.22. The number of ether oxygens (including phenoxy) is 1. The van der Waals surface area contributed by atoms with E-state index in [0.717, 1.165) is 22.2 Å². The number of carbonyl (C=O) groups excluding carboxylic acids is 1. The van der Waals surface area contributed by atoms with Gasteiger partial charge in [0.05, 0.1) is 11.5 Å². The molecule has 1 aromatic carbocycles. The number of thiocarbonyl (C=S) groups is 1. The van der Waals surface area contributed by atoms with E-state index in [-0.39, 0.29) is 17.2 Å². The Labute approximate surface area is 159 Å². The van der Waals surface area contributed by atoms with Crippen LogP contribution in [0.4, 0.5) is 0 Å². The van der Waals surface area contributed by atoms with E-state index < -0.39 is 23.9 Å². The first kappa shape index (κ1) is 19.9. The molecule has 9 heteroatoms. The number of amides is 1. The molecule has 0 saturated carbocycles. The minimum atomic E-state index is -1.30. The molecule has 1 aliphatic heterocycles. The third-order valence-corrected chi connectivity index (χ3v) is 4.87. The predicted octanol–water partition coefficient (Wildman–Crippen LogP) is 2.60. The van der Waals surface area contributed by atoms with Crippen molar-refractivity contribution in [2.45, 2.75) is 25.8 Å². The van der Waals surface area contributed by atoms with Crippen LogP contribution in [0.15, 0.2) is 29.2 Å². The smallest absolute Gasteiger partial charge is 0.326 e. The number of carboxylic acids is 2. The SMILES string of the molecule is CCOc1ccc(/C=C2/SC(=S)N([C@@H](CCC(=O)O)C(=O)O)C2=O)cc1. The van der Waals surface area contributed by atoms with Gasteiger partial charge in [-0.2, -0.15) is 0 Å². The molecule has 2 rings (SSSR count). The van der Waals surface area contributed by atoms with E-state index >= 15 is 0 Å². The molecule has 0 aromatic heterocycles. The van der Waals surface area contributed by atoms with Gasteiger partial charge in [0.15, 0.2) is 0 Å². The molecule has 0 spiro atoms. The molecule has 138 valence electrons. The van der Waals surface area contributed by atoms with Crippen LogP contribution < -0.4 is 4.74 Å². The van der Waals surface area contributed by atoms with Crippen molar-refractivity contribution >= 4 is 52.2 Å². The average Bonchev–Trinajstić information content (AvgIpc) is 2.84. The number of carboxylic acid groups (broad SMARTS) is 2. The monoisotopic (exact) mass is 395 g/mol. The summed E-state index contributed by atoms with van der Waals surface area (Å²) in [6.45, 7) is 2.42. The fraction of sp³-hybridized carbons (Fsp3) is 0.294. The lowest BCUT2D eigenvalue weighted by molar-refractivity contribution is -0.146. The first-order valence-corrected chi connectivity index (χ1v) is 9.00. The van der Waals surface area contributed by atoms with E-state index in [1.54, 1.807) is 30.3 Å². The largest absolute Gasteiger partial charge is 0.494 e. The van der Waals surface area contributed by atoms with Crippen molar-refractivity contribution in [3.63, 3.8) is 0 Å². The highest BCUT2D eigenvalue weighted by atomic mass is 32.2. The second-order valence-corrected chi connectivity index (χ2v) is 7.02. The van der Waals surface area contributed by atoms with Gasteiger partial charge in [-0.3, -0.25) is 14.5 Å². The Hall–Kier alpha value is -2.39. The summed E-state index contributed by atoms with van der Waals surface area (Å²) in [6.07, 6.45) is 1.03. The van der Waals surface area contributed by atoms with Crippen molar-refractivity contribution in [2.75, 3.05) is 6.61 Å². The van der Waals surface area contributed by atoms with Crippen molar-refractivity contribution in [3.8, 4) is 5.75 Å². The lowest BCUT2D eigenvalue weighted by Crippen LogP contribution is -2.44. The zero-order chi connectivity index (χ0) is 19.3. The number of hydrogen-bond donors (Lipinski definition) is 2. The van der Waals surface area contributed by atoms with Gasteiger partial charge in [-0.05, 0) is 37.1 Å². The van der Waals surface area contributed by atoms with Gasteiger partial charge < -0.3 is 14.9 Å². The first-order valence-electron chi connectivity index (χ1n) is 7.78. The van der Waals surface area contributed by atoms with Crippen LogP contribution >= 0.6 is 24.0 Å². The summed E-state index contributed by atoms with van der Waals surface area (Å²) in [5.74, 6) is -2.25. The fourth-order valence-corrected chi connectivity index (χ4v) is 3.71. The predicted molar refractivity (Wildman–Crippen MR) is 101 cm³/mol. The minimum Gasteiger partial charge on any atom is -0.494 e. The highest BCUT2D eigenvalue weighted by Gasteiger charge is 2.40. The van der Waals surface area contributed by atoms with E-state index in [0.29, 0.717) is 17.3 Å². The molecule has 2 N–H and O–H groups in total. The summed E-state index contributed by atoms with van der Waals surface area (Å²) in [6, 6.07) is 5.78. The molecule has 1 aliphatic rings. The van der Waals surface area contributed by atoms with Crippen LogP contribution in [0.1, 0.15) is 25.3 Å². The number of aliphatic carboxylic acids is 2. The Balaban J connectivity index is 2.20. The minimum absolute atomic E-state index is 0.102. The lowest BCUT2D eigenvalue weighted by atomic mass is 10.1. The second-order valence-electron chi connectivity index (χ2n) is 5.34. The Morgan fingerprint density at radius 1 is 1.31 bits per heavy atom. The summed E-state index contributed by atoms with van der Waals surface area (Å²) >= 11 is 6.14. The van der Waals surface area contributed by atoms with Crippen LogP contribution in [0.25, 0.3) is 6.08 Å². The molecule has 0 radical (unpaired) electrons. The van der Waals surface area contributed by atoms with E-state index in [9.17, 15) is 19.5 Å². The topological polar surface area (TPSA) is 104 Å². The average molecular weight is 395 g/mol. The van der Waals surface area contributed by atoms with E-state index in [1.807, 2.05) is 6.92 Å². The summed E-state index contributed by atoms with van der Waals surface area (Å²) in [7, 11) is 0. The van der Waals surface area contributed by atoms with Crippen LogP contribution in [0.2, 0.25) is 0 Å². The van der Waals surface area contributed by atoms with Gasteiger partial charge in [-0.1, -0.05) is 36.1 Å². The Kier molecular flexibility index (Phi) is 6.76. The molecule has 0 unspecified atom stereocenters. The number of nitrogens with zero attached hydrogens (tertiary/aromatic N) is 1. The van der Waals surface area contributed by atoms with Gasteiger partial charge in [-0.25, -0.2) is 4.79 Å². The molecule has 0 aliphatic carbocycles. The van der Waals surface area contributed by atoms with Gasteiger partial charge in [0, 0.05) is 6.42 Å². The summed E-state index contributed by atoms with van der Waals surface area (Å²) in [5, 5.41) is 18.1. The van der Waals surface area contributed by atoms with Crippen molar-refractivity contribution in [2.24, 2.45) is 0 Å². The maximum Gasteiger partial charge on any atom is 0.326 e. The zero-order valence-corrected chi connectivity index (χ0v) is 15.5. The van der Waals surface area contributed by atoms with Crippen LogP contribution in [-0.2, 0) is 14.4 Å². The number of carbonyl (C=O) groups is 3. The summed E-state index contributed by atoms with van der Waals surface area (Å²) in [4.78, 5) is 36.1. The maximum atomic E-state index is 12.6. The van der Waals surface area contributed by atoms with Crippen molar-refractivity contribution in [1.29, 1.82) is 0 Å². The highest BCUT2D eigenvalue weighted by molar-refractivity contribution is 8.26. The van der Waals surface area contributed by atoms with Crippen LogP contribution in [0.5, 0.6) is 5.75 Å². The van der Waals surface area contributed by atoms with Crippen molar-refractivity contribution < 1.29 is 29.3 Å². The number of hydrogen-bond acceptors (Lipinski definition) is 6. The zero-order valence-electron chi connectivity index (χ0n) is 13.9. The second kappa shape index (κ2) is 8.81. The quantitative estimate of drug-likeness (QED) is 0.511. The molecule has 26 heavy (non-hydrogen) atoms. The van der Waals surface area contributed by atoms with Gasteiger partial charge in [0.1, 0.15) is 16.1 Å². The third kappa shape index (κ3) is 4.83. The van der Waals surface area contributed by atoms with Crippen LogP contribution in [0, 0.1) is 0 Å². The highest BCUT2D eigenvalue weighted by Crippen LogP contribution is 2.35. The van der Waals surface area contributed by atoms with E-state index in [4.69, 9.17) is 22.1 Å². The van der Waals surface area contributed by atoms with Gasteiger partial charge in [0.2, 0.25) is 0 Å². The third-order valence-electron chi connectivity index (χ3n) is 3.54. The summed E-state index contributed by atoms with van der Waals surface area (Å²) in [5.41, 5.74) is 0.742. The normalized spacial score (nSPS) is 16.8. The molecule has 1 atom stereocenters. The number of benzene rings is 1. The van der Waals surface area contributed by atoms with Gasteiger partial charge >= 0.3 is 11.9 Å². The molecule has 7 nitrogen and oxygen atoms in total. The maximum absolute atomic E-state index is 12.6. The molecular weight excluding hydrogens is 378 g/mol. The standard InChI is InChI=1S/C17H17NO6S2/c1-2-24-11-5-3-10(4-6-11)9-13-15(21)18(17(25)26-13)12(16(22)23)7-8-14(19)20/h3-6,9,12H,2,7-8H2,1H3,(H,19,20)(H,22,23)/b13-9+/t12-/m0/s1. The van der Waals surface area contributed by atoms with Gasteiger partial charge in [-0.15, -0.1) is 0 Å². The van der Waals surface area contributed by atoms with E-state index in [1.165, 1.54) is 0 Å². The molecule has 1 aromatic rings. The molecule has 1 saturated heterocycles.